The molecule has 2 fully saturated rings. The maximum Gasteiger partial charge on any atom is 0.338 e. The van der Waals surface area contributed by atoms with Crippen molar-refractivity contribution >= 4 is 5.97 Å². The molecule has 0 bridgehead atoms. The number of hydrogen-bond donors (Lipinski definition) is 2. The number of halogens is 1. The predicted molar refractivity (Wildman–Crippen MR) is 104 cm³/mol. The summed E-state index contributed by atoms with van der Waals surface area (Å²) in [6, 6.07) is 6.68. The Hall–Kier alpha value is -2.42. The van der Waals surface area contributed by atoms with Gasteiger partial charge in [0, 0.05) is 50.2 Å². The van der Waals surface area contributed by atoms with Gasteiger partial charge in [-0.3, -0.25) is 10.7 Å². The summed E-state index contributed by atoms with van der Waals surface area (Å²) < 4.78 is 12.9. The molecule has 1 aromatic heterocycles. The number of benzene rings is 1. The SMILES string of the molecule is NN1CCN(C2CCCC2)CC1.O=C(O)c1cnc(-c2cccc(F)c2)nc1. The average molecular weight is 387 g/mol. The Balaban J connectivity index is 0.000000167. The Morgan fingerprint density at radius 2 is 1.75 bits per heavy atom. The normalized spacial score (nSPS) is 18.5. The lowest BCUT2D eigenvalue weighted by Gasteiger charge is -2.35. The predicted octanol–water partition coefficient (Wildman–Crippen LogP) is 2.40. The lowest BCUT2D eigenvalue weighted by molar-refractivity contribution is 0.0696. The summed E-state index contributed by atoms with van der Waals surface area (Å²) in [5.74, 6) is 4.52. The maximum atomic E-state index is 12.9. The van der Waals surface area contributed by atoms with Gasteiger partial charge in [-0.1, -0.05) is 25.0 Å². The van der Waals surface area contributed by atoms with E-state index in [9.17, 15) is 9.18 Å². The fourth-order valence-electron chi connectivity index (χ4n) is 3.59. The van der Waals surface area contributed by atoms with E-state index in [1.165, 1.54) is 63.3 Å². The van der Waals surface area contributed by atoms with Crippen molar-refractivity contribution in [3.05, 3.63) is 48.0 Å². The maximum absolute atomic E-state index is 12.9. The summed E-state index contributed by atoms with van der Waals surface area (Å²) in [4.78, 5) is 20.9. The van der Waals surface area contributed by atoms with Crippen molar-refractivity contribution in [1.29, 1.82) is 0 Å². The molecule has 0 spiro atoms. The van der Waals surface area contributed by atoms with Crippen LogP contribution in [-0.4, -0.2) is 63.2 Å². The van der Waals surface area contributed by atoms with E-state index in [-0.39, 0.29) is 11.4 Å². The first kappa shape index (κ1) is 20.3. The first-order valence-corrected chi connectivity index (χ1v) is 9.58. The Bertz CT molecular complexity index is 772. The van der Waals surface area contributed by atoms with Crippen LogP contribution >= 0.6 is 0 Å². The van der Waals surface area contributed by atoms with Crippen LogP contribution in [0, 0.1) is 5.82 Å². The molecule has 1 saturated carbocycles. The van der Waals surface area contributed by atoms with Gasteiger partial charge in [-0.25, -0.2) is 24.2 Å². The van der Waals surface area contributed by atoms with Gasteiger partial charge in [0.05, 0.1) is 5.56 Å². The monoisotopic (exact) mass is 387 g/mol. The molecule has 8 heteroatoms. The molecule has 0 radical (unpaired) electrons. The van der Waals surface area contributed by atoms with Crippen LogP contribution in [0.5, 0.6) is 0 Å². The van der Waals surface area contributed by atoms with Gasteiger partial charge >= 0.3 is 5.97 Å². The molecule has 1 aromatic carbocycles. The zero-order valence-corrected chi connectivity index (χ0v) is 15.8. The first-order valence-electron chi connectivity index (χ1n) is 9.58. The second kappa shape index (κ2) is 9.68. The summed E-state index contributed by atoms with van der Waals surface area (Å²) in [5.41, 5.74) is 0.511. The zero-order valence-electron chi connectivity index (χ0n) is 15.8. The van der Waals surface area contributed by atoms with Crippen LogP contribution in [0.1, 0.15) is 36.0 Å². The van der Waals surface area contributed by atoms with Crippen LogP contribution < -0.4 is 5.84 Å². The lowest BCUT2D eigenvalue weighted by atomic mass is 10.2. The van der Waals surface area contributed by atoms with Crippen LogP contribution in [0.15, 0.2) is 36.7 Å². The van der Waals surface area contributed by atoms with Gasteiger partial charge in [0.15, 0.2) is 5.82 Å². The molecule has 1 aliphatic carbocycles. The molecule has 150 valence electrons. The van der Waals surface area contributed by atoms with Crippen molar-refractivity contribution in [3.63, 3.8) is 0 Å². The molecule has 2 aliphatic rings. The zero-order chi connectivity index (χ0) is 19.9. The van der Waals surface area contributed by atoms with Gasteiger partial charge in [0.2, 0.25) is 0 Å². The van der Waals surface area contributed by atoms with Crippen LogP contribution in [0.25, 0.3) is 11.4 Å². The van der Waals surface area contributed by atoms with Crippen molar-refractivity contribution in [1.82, 2.24) is 19.9 Å². The molecule has 7 nitrogen and oxygen atoms in total. The van der Waals surface area contributed by atoms with E-state index < -0.39 is 5.97 Å². The Morgan fingerprint density at radius 3 is 2.32 bits per heavy atom. The molecule has 3 N–H and O–H groups in total. The van der Waals surface area contributed by atoms with Gasteiger partial charge < -0.3 is 5.11 Å². The van der Waals surface area contributed by atoms with Crippen molar-refractivity contribution in [2.75, 3.05) is 26.2 Å². The molecule has 2 aromatic rings. The molecule has 1 saturated heterocycles. The van der Waals surface area contributed by atoms with E-state index in [0.717, 1.165) is 19.1 Å². The molecule has 1 aliphatic heterocycles. The number of carboxylic acid groups (broad SMARTS) is 1. The van der Waals surface area contributed by atoms with Crippen LogP contribution in [0.4, 0.5) is 4.39 Å². The minimum absolute atomic E-state index is 0.000142. The highest BCUT2D eigenvalue weighted by Crippen LogP contribution is 2.23. The third kappa shape index (κ3) is 5.54. The van der Waals surface area contributed by atoms with Crippen molar-refractivity contribution in [2.45, 2.75) is 31.7 Å². The molecule has 0 amide bonds. The van der Waals surface area contributed by atoms with E-state index in [2.05, 4.69) is 14.9 Å². The van der Waals surface area contributed by atoms with Crippen LogP contribution in [0.2, 0.25) is 0 Å². The first-order chi connectivity index (χ1) is 13.5. The Labute approximate surface area is 164 Å². The van der Waals surface area contributed by atoms with Crippen LogP contribution in [0.3, 0.4) is 0 Å². The number of carbonyl (C=O) groups is 1. The van der Waals surface area contributed by atoms with E-state index in [4.69, 9.17) is 10.9 Å². The highest BCUT2D eigenvalue weighted by molar-refractivity contribution is 5.86. The highest BCUT2D eigenvalue weighted by atomic mass is 19.1. The lowest BCUT2D eigenvalue weighted by Crippen LogP contribution is -2.51. The molecular weight excluding hydrogens is 361 g/mol. The second-order valence-corrected chi connectivity index (χ2v) is 7.12. The molecule has 4 rings (SSSR count). The minimum atomic E-state index is -1.09. The van der Waals surface area contributed by atoms with Crippen molar-refractivity contribution in [3.8, 4) is 11.4 Å². The molecule has 0 unspecified atom stereocenters. The van der Waals surface area contributed by atoms with Crippen molar-refractivity contribution < 1.29 is 14.3 Å². The van der Waals surface area contributed by atoms with E-state index in [1.54, 1.807) is 12.1 Å². The van der Waals surface area contributed by atoms with Crippen molar-refractivity contribution in [2.24, 2.45) is 5.84 Å². The minimum Gasteiger partial charge on any atom is -0.478 e. The fraction of sp³-hybridized carbons (Fsp3) is 0.450. The third-order valence-electron chi connectivity index (χ3n) is 5.17. The highest BCUT2D eigenvalue weighted by Gasteiger charge is 2.24. The quantitative estimate of drug-likeness (QED) is 0.781. The summed E-state index contributed by atoms with van der Waals surface area (Å²) in [6.07, 6.45) is 8.10. The number of nitrogens with two attached hydrogens (primary N) is 1. The van der Waals surface area contributed by atoms with E-state index >= 15 is 0 Å². The number of carboxylic acids is 1. The van der Waals surface area contributed by atoms with Gasteiger partial charge in [-0.2, -0.15) is 0 Å². The number of aromatic carboxylic acids is 1. The third-order valence-corrected chi connectivity index (χ3v) is 5.17. The van der Waals surface area contributed by atoms with E-state index in [1.807, 2.05) is 5.01 Å². The summed E-state index contributed by atoms with van der Waals surface area (Å²) in [6.45, 7) is 4.47. The number of hydrogen-bond acceptors (Lipinski definition) is 6. The van der Waals surface area contributed by atoms with Gasteiger partial charge in [-0.05, 0) is 25.0 Å². The number of piperazine rings is 1. The Kier molecular flexibility index (Phi) is 7.02. The topological polar surface area (TPSA) is 95.6 Å². The number of aromatic nitrogens is 2. The Morgan fingerprint density at radius 1 is 1.11 bits per heavy atom. The van der Waals surface area contributed by atoms with Gasteiger partial charge in [0.25, 0.3) is 0 Å². The number of rotatable bonds is 3. The smallest absolute Gasteiger partial charge is 0.338 e. The largest absolute Gasteiger partial charge is 0.478 e. The molecule has 2 heterocycles. The molecular formula is C20H26FN5O2. The molecule has 0 atom stereocenters. The molecule has 28 heavy (non-hydrogen) atoms. The van der Waals surface area contributed by atoms with Crippen LogP contribution in [-0.2, 0) is 0 Å². The fourth-order valence-corrected chi connectivity index (χ4v) is 3.59. The summed E-state index contributed by atoms with van der Waals surface area (Å²) >= 11 is 0. The average Bonchev–Trinajstić information content (AvgIpc) is 3.24. The van der Waals surface area contributed by atoms with E-state index in [0.29, 0.717) is 11.4 Å². The van der Waals surface area contributed by atoms with Gasteiger partial charge in [0.1, 0.15) is 5.82 Å². The standard InChI is InChI=1S/C11H7FN2O2.C9H19N3/c12-9-3-1-2-7(4-9)10-13-5-8(6-14-10)11(15)16;10-12-7-5-11(6-8-12)9-3-1-2-4-9/h1-6H,(H,15,16);9H,1-8,10H2. The van der Waals surface area contributed by atoms with Gasteiger partial charge in [-0.15, -0.1) is 0 Å². The number of hydrazine groups is 1. The summed E-state index contributed by atoms with van der Waals surface area (Å²) in [7, 11) is 0. The summed E-state index contributed by atoms with van der Waals surface area (Å²) in [5, 5.41) is 10.6. The number of nitrogens with zero attached hydrogens (tertiary/aromatic N) is 4. The second-order valence-electron chi connectivity index (χ2n) is 7.12.